The molecule has 0 saturated heterocycles. The first kappa shape index (κ1) is 37.3. The molecule has 280 valence electrons. The van der Waals surface area contributed by atoms with Crippen LogP contribution in [0.15, 0.2) is 212 Å². The van der Waals surface area contributed by atoms with Crippen LogP contribution in [-0.4, -0.2) is 0 Å². The van der Waals surface area contributed by atoms with Gasteiger partial charge in [-0.05, 0) is 119 Å². The molecule has 8 aromatic rings. The minimum absolute atomic E-state index is 0.0968. The minimum Gasteiger partial charge on any atom is -0.311 e. The molecule has 0 aliphatic rings. The molecule has 0 aliphatic carbocycles. The van der Waals surface area contributed by atoms with Gasteiger partial charge in [0.05, 0.1) is 5.69 Å². The number of allylic oxidation sites excluding steroid dienone is 2. The highest BCUT2D eigenvalue weighted by atomic mass is 15.2. The van der Waals surface area contributed by atoms with Gasteiger partial charge in [-0.2, -0.15) is 0 Å². The predicted octanol–water partition coefficient (Wildman–Crippen LogP) is 16.2. The zero-order valence-electron chi connectivity index (χ0n) is 33.6. The summed E-state index contributed by atoms with van der Waals surface area (Å²) in [6.45, 7) is 11.4. The standard InChI is InChI=1S/C55H50N2/c1-40(2)39-53(55(3,4)5)46-27-33-50(34-28-46)57(54-22-14-20-45-19-12-13-21-52(45)54)51-37-35-49(36-38-51)56(47-29-23-43(24-30-47)41-15-8-6-9-16-41)48-31-25-44(26-32-48)42-17-10-7-11-18-42/h6-39,53H,1-5H3. The summed E-state index contributed by atoms with van der Waals surface area (Å²) in [5.41, 5.74) is 14.2. The van der Waals surface area contributed by atoms with E-state index in [0.29, 0.717) is 5.92 Å². The number of benzene rings is 8. The van der Waals surface area contributed by atoms with Crippen LogP contribution in [0.25, 0.3) is 33.0 Å². The molecule has 0 aromatic heterocycles. The van der Waals surface area contributed by atoms with Crippen molar-refractivity contribution in [2.45, 2.75) is 40.5 Å². The molecule has 0 heterocycles. The lowest BCUT2D eigenvalue weighted by Crippen LogP contribution is -2.17. The molecule has 0 saturated carbocycles. The van der Waals surface area contributed by atoms with E-state index in [4.69, 9.17) is 0 Å². The van der Waals surface area contributed by atoms with E-state index >= 15 is 0 Å². The Morgan fingerprint density at radius 1 is 0.404 bits per heavy atom. The van der Waals surface area contributed by atoms with Crippen LogP contribution in [0, 0.1) is 5.41 Å². The average molecular weight is 739 g/mol. The number of nitrogens with zero attached hydrogens (tertiary/aromatic N) is 2. The van der Waals surface area contributed by atoms with Crippen LogP contribution in [-0.2, 0) is 0 Å². The van der Waals surface area contributed by atoms with Crippen molar-refractivity contribution >= 4 is 44.9 Å². The maximum absolute atomic E-state index is 2.41. The van der Waals surface area contributed by atoms with Crippen LogP contribution in [0.3, 0.4) is 0 Å². The number of rotatable bonds is 10. The van der Waals surface area contributed by atoms with Crippen LogP contribution in [0.4, 0.5) is 34.1 Å². The second-order valence-corrected chi connectivity index (χ2v) is 16.2. The van der Waals surface area contributed by atoms with Gasteiger partial charge in [0.1, 0.15) is 0 Å². The van der Waals surface area contributed by atoms with Crippen LogP contribution < -0.4 is 9.80 Å². The SMILES string of the molecule is CC(C)=CC(c1ccc(N(c2ccc(N(c3ccc(-c4ccccc4)cc3)c3ccc(-c4ccccc4)cc3)cc2)c2cccc3ccccc23)cc1)C(C)(C)C. The van der Waals surface area contributed by atoms with Crippen molar-refractivity contribution in [3.63, 3.8) is 0 Å². The molecule has 0 aliphatic heterocycles. The second kappa shape index (κ2) is 16.2. The summed E-state index contributed by atoms with van der Waals surface area (Å²) in [6, 6.07) is 72.4. The van der Waals surface area contributed by atoms with Gasteiger partial charge in [0, 0.05) is 39.7 Å². The Morgan fingerprint density at radius 2 is 0.789 bits per heavy atom. The third-order valence-electron chi connectivity index (χ3n) is 10.8. The van der Waals surface area contributed by atoms with Crippen LogP contribution >= 0.6 is 0 Å². The van der Waals surface area contributed by atoms with E-state index in [9.17, 15) is 0 Å². The van der Waals surface area contributed by atoms with Gasteiger partial charge in [-0.1, -0.05) is 166 Å². The highest BCUT2D eigenvalue weighted by Gasteiger charge is 2.25. The van der Waals surface area contributed by atoms with E-state index in [2.05, 4.69) is 251 Å². The molecule has 1 atom stereocenters. The summed E-state index contributed by atoms with van der Waals surface area (Å²) >= 11 is 0. The van der Waals surface area contributed by atoms with E-state index in [0.717, 1.165) is 34.1 Å². The molecule has 0 spiro atoms. The Kier molecular flexibility index (Phi) is 10.6. The van der Waals surface area contributed by atoms with Gasteiger partial charge in [-0.3, -0.25) is 0 Å². The Morgan fingerprint density at radius 3 is 1.26 bits per heavy atom. The van der Waals surface area contributed by atoms with E-state index in [1.54, 1.807) is 0 Å². The molecule has 1 unspecified atom stereocenters. The average Bonchev–Trinajstić information content (AvgIpc) is 3.25. The van der Waals surface area contributed by atoms with E-state index < -0.39 is 0 Å². The largest absolute Gasteiger partial charge is 0.311 e. The molecule has 8 aromatic carbocycles. The van der Waals surface area contributed by atoms with Gasteiger partial charge >= 0.3 is 0 Å². The molecule has 57 heavy (non-hydrogen) atoms. The van der Waals surface area contributed by atoms with Crippen molar-refractivity contribution in [3.8, 4) is 22.3 Å². The fraction of sp³-hybridized carbons (Fsp3) is 0.127. The third-order valence-corrected chi connectivity index (χ3v) is 10.8. The molecule has 2 heteroatoms. The Labute approximate surface area is 339 Å². The highest BCUT2D eigenvalue weighted by Crippen LogP contribution is 2.43. The molecule has 0 bridgehead atoms. The number of fused-ring (bicyclic) bond motifs is 1. The quantitative estimate of drug-likeness (QED) is 0.129. The third kappa shape index (κ3) is 8.18. The first-order valence-corrected chi connectivity index (χ1v) is 20.0. The van der Waals surface area contributed by atoms with Crippen LogP contribution in [0.2, 0.25) is 0 Å². The van der Waals surface area contributed by atoms with Crippen LogP contribution in [0.1, 0.15) is 46.1 Å². The molecule has 0 amide bonds. The maximum Gasteiger partial charge on any atom is 0.0540 e. The fourth-order valence-corrected chi connectivity index (χ4v) is 7.91. The summed E-state index contributed by atoms with van der Waals surface area (Å²) in [5, 5.41) is 2.43. The lowest BCUT2D eigenvalue weighted by molar-refractivity contribution is 0.365. The number of anilines is 6. The van der Waals surface area contributed by atoms with Crippen molar-refractivity contribution in [1.29, 1.82) is 0 Å². The summed E-state index contributed by atoms with van der Waals surface area (Å²) in [7, 11) is 0. The van der Waals surface area contributed by atoms with Crippen LogP contribution in [0.5, 0.6) is 0 Å². The summed E-state index contributed by atoms with van der Waals surface area (Å²) in [4.78, 5) is 4.75. The summed E-state index contributed by atoms with van der Waals surface area (Å²) < 4.78 is 0. The predicted molar refractivity (Wildman–Crippen MR) is 246 cm³/mol. The highest BCUT2D eigenvalue weighted by molar-refractivity contribution is 5.99. The van der Waals surface area contributed by atoms with Gasteiger partial charge < -0.3 is 9.80 Å². The summed E-state index contributed by atoms with van der Waals surface area (Å²) in [5.74, 6) is 0.316. The number of hydrogen-bond acceptors (Lipinski definition) is 2. The lowest BCUT2D eigenvalue weighted by atomic mass is 9.75. The van der Waals surface area contributed by atoms with Crippen molar-refractivity contribution in [1.82, 2.24) is 0 Å². The molecule has 0 N–H and O–H groups in total. The molecule has 2 nitrogen and oxygen atoms in total. The summed E-state index contributed by atoms with van der Waals surface area (Å²) in [6.07, 6.45) is 2.41. The Balaban J connectivity index is 1.21. The van der Waals surface area contributed by atoms with Crippen molar-refractivity contribution in [2.24, 2.45) is 5.41 Å². The first-order chi connectivity index (χ1) is 27.7. The molecule has 8 rings (SSSR count). The Bertz CT molecular complexity index is 2490. The molecule has 0 fully saturated rings. The zero-order chi connectivity index (χ0) is 39.4. The van der Waals surface area contributed by atoms with Crippen molar-refractivity contribution < 1.29 is 0 Å². The van der Waals surface area contributed by atoms with E-state index in [1.165, 1.54) is 44.2 Å². The second-order valence-electron chi connectivity index (χ2n) is 16.2. The maximum atomic E-state index is 2.41. The topological polar surface area (TPSA) is 6.48 Å². The van der Waals surface area contributed by atoms with Crippen molar-refractivity contribution in [3.05, 3.63) is 217 Å². The van der Waals surface area contributed by atoms with E-state index in [1.807, 2.05) is 0 Å². The van der Waals surface area contributed by atoms with Gasteiger partial charge in [-0.25, -0.2) is 0 Å². The number of hydrogen-bond donors (Lipinski definition) is 0. The monoisotopic (exact) mass is 738 g/mol. The molecular weight excluding hydrogens is 689 g/mol. The Hall–Kier alpha value is -6.64. The first-order valence-electron chi connectivity index (χ1n) is 20.0. The van der Waals surface area contributed by atoms with Gasteiger partial charge in [-0.15, -0.1) is 0 Å². The smallest absolute Gasteiger partial charge is 0.0540 e. The molecule has 0 radical (unpaired) electrons. The van der Waals surface area contributed by atoms with Gasteiger partial charge in [0.2, 0.25) is 0 Å². The zero-order valence-corrected chi connectivity index (χ0v) is 33.6. The normalized spacial score (nSPS) is 11.9. The lowest BCUT2D eigenvalue weighted by Gasteiger charge is -2.31. The van der Waals surface area contributed by atoms with Crippen molar-refractivity contribution in [2.75, 3.05) is 9.80 Å². The van der Waals surface area contributed by atoms with Gasteiger partial charge in [0.15, 0.2) is 0 Å². The minimum atomic E-state index is 0.0968. The molecular formula is C55H50N2. The van der Waals surface area contributed by atoms with Gasteiger partial charge in [0.25, 0.3) is 0 Å². The van der Waals surface area contributed by atoms with E-state index in [-0.39, 0.29) is 5.41 Å². The fourth-order valence-electron chi connectivity index (χ4n) is 7.91.